The van der Waals surface area contributed by atoms with Crippen molar-refractivity contribution in [1.29, 1.82) is 0 Å². The number of benzene rings is 4. The van der Waals surface area contributed by atoms with Gasteiger partial charge in [0.2, 0.25) is 0 Å². The molecule has 1 spiro atoms. The Morgan fingerprint density at radius 3 is 1.66 bits per heavy atom. The zero-order valence-corrected chi connectivity index (χ0v) is 35.4. The molecule has 4 bridgehead atoms. The first-order chi connectivity index (χ1) is 28.3. The number of aryl methyl sites for hydroxylation is 2. The van der Waals surface area contributed by atoms with Gasteiger partial charge in [-0.3, -0.25) is 0 Å². The molecule has 2 fully saturated rings. The summed E-state index contributed by atoms with van der Waals surface area (Å²) in [5, 5.41) is 0. The fourth-order valence-corrected chi connectivity index (χ4v) is 12.6. The molecule has 0 radical (unpaired) electrons. The highest BCUT2D eigenvalue weighted by atomic mass is 16.6. The molecule has 4 aliphatic heterocycles. The van der Waals surface area contributed by atoms with Crippen LogP contribution in [0.15, 0.2) is 107 Å². The molecule has 6 aliphatic rings. The molecule has 2 aliphatic carbocycles. The molecule has 7 heteroatoms. The molecule has 4 aromatic carbocycles. The third-order valence-electron chi connectivity index (χ3n) is 14.9. The smallest absolute Gasteiger partial charge is 0.341 e. The van der Waals surface area contributed by atoms with Crippen molar-refractivity contribution in [2.24, 2.45) is 5.92 Å². The topological polar surface area (TPSA) is 54.5 Å². The molecule has 6 atom stereocenters. The summed E-state index contributed by atoms with van der Waals surface area (Å²) >= 11 is 0. The molecule has 0 aromatic heterocycles. The second-order valence-corrected chi connectivity index (χ2v) is 16.7. The molecule has 0 amide bonds. The van der Waals surface area contributed by atoms with Crippen LogP contribution in [0, 0.1) is 5.92 Å². The van der Waals surface area contributed by atoms with E-state index in [1.165, 1.54) is 55.9 Å². The first-order valence-electron chi connectivity index (χ1n) is 22.1. The number of hydrogen-bond donors (Lipinski definition) is 0. The van der Waals surface area contributed by atoms with Gasteiger partial charge in [-0.05, 0) is 135 Å². The lowest BCUT2D eigenvalue weighted by Gasteiger charge is -2.47. The van der Waals surface area contributed by atoms with Crippen LogP contribution in [-0.4, -0.2) is 67.9 Å². The molecule has 0 N–H and O–H groups in total. The molecule has 7 nitrogen and oxygen atoms in total. The van der Waals surface area contributed by atoms with Crippen molar-refractivity contribution in [1.82, 2.24) is 4.90 Å². The maximum absolute atomic E-state index is 14.6. The monoisotopic (exact) mass is 775 g/mol. The van der Waals surface area contributed by atoms with Crippen molar-refractivity contribution in [2.45, 2.75) is 96.7 Å². The van der Waals surface area contributed by atoms with Crippen LogP contribution in [0.5, 0.6) is 11.5 Å². The Morgan fingerprint density at radius 1 is 0.638 bits per heavy atom. The molecule has 10 rings (SSSR count). The number of hydrogen-bond acceptors (Lipinski definition) is 7. The summed E-state index contributed by atoms with van der Waals surface area (Å²) in [4.78, 5) is 22.1. The van der Waals surface area contributed by atoms with Gasteiger partial charge in [0.05, 0.1) is 47.4 Å². The van der Waals surface area contributed by atoms with Crippen LogP contribution in [0.3, 0.4) is 0 Å². The van der Waals surface area contributed by atoms with Gasteiger partial charge in [0, 0.05) is 43.5 Å². The molecular weight excluding hydrogens is 719 g/mol. The normalized spacial score (nSPS) is 27.6. The van der Waals surface area contributed by atoms with E-state index in [4.69, 9.17) is 14.2 Å². The Morgan fingerprint density at radius 2 is 1.14 bits per heavy atom. The average Bonchev–Trinajstić information content (AvgIpc) is 3.69. The van der Waals surface area contributed by atoms with Crippen LogP contribution < -0.4 is 19.3 Å². The van der Waals surface area contributed by atoms with Gasteiger partial charge in [-0.1, -0.05) is 62.4 Å². The third-order valence-corrected chi connectivity index (χ3v) is 14.9. The van der Waals surface area contributed by atoms with Gasteiger partial charge in [0.25, 0.3) is 0 Å². The number of anilines is 2. The predicted octanol–water partition coefficient (Wildman–Crippen LogP) is 9.14. The number of fused-ring (bicyclic) bond motifs is 2. The summed E-state index contributed by atoms with van der Waals surface area (Å²) < 4.78 is 19.2. The van der Waals surface area contributed by atoms with Gasteiger partial charge >= 0.3 is 5.97 Å². The molecule has 58 heavy (non-hydrogen) atoms. The fourth-order valence-electron chi connectivity index (χ4n) is 12.6. The van der Waals surface area contributed by atoms with E-state index in [-0.39, 0.29) is 24.0 Å². The SMILES string of the molecule is CCOc1ccc(C2(c3ccc(N(CC)CC)cc3)C3=C4C5=C6N(C3C3C6(OC5=O)C3(c3ccc(N(CC)CC)cc3)c3ccc(OCC)c(CC)c3)C42)cc1CC. The van der Waals surface area contributed by atoms with Gasteiger partial charge in [-0.15, -0.1) is 0 Å². The fraction of sp³-hybridized carbons (Fsp3) is 0.431. The molecule has 4 heterocycles. The van der Waals surface area contributed by atoms with Crippen LogP contribution in [-0.2, 0) is 33.2 Å². The molecule has 6 unspecified atom stereocenters. The van der Waals surface area contributed by atoms with E-state index in [9.17, 15) is 4.79 Å². The summed E-state index contributed by atoms with van der Waals surface area (Å²) in [6, 6.07) is 32.4. The van der Waals surface area contributed by atoms with Gasteiger partial charge in [0.1, 0.15) is 11.5 Å². The summed E-state index contributed by atoms with van der Waals surface area (Å²) in [5.41, 5.74) is 12.7. The molecule has 4 aromatic rings. The number of carbonyl (C=O) groups is 1. The lowest BCUT2D eigenvalue weighted by Crippen LogP contribution is -2.51. The second-order valence-electron chi connectivity index (χ2n) is 16.7. The zero-order chi connectivity index (χ0) is 40.3. The number of ether oxygens (including phenoxy) is 3. The van der Waals surface area contributed by atoms with E-state index in [0.717, 1.165) is 61.8 Å². The maximum Gasteiger partial charge on any atom is 0.341 e. The first kappa shape index (κ1) is 37.1. The molecule has 300 valence electrons. The van der Waals surface area contributed by atoms with Crippen LogP contribution >= 0.6 is 0 Å². The van der Waals surface area contributed by atoms with Gasteiger partial charge < -0.3 is 28.9 Å². The van der Waals surface area contributed by atoms with Gasteiger partial charge in [0.15, 0.2) is 5.60 Å². The first-order valence-corrected chi connectivity index (χ1v) is 22.1. The van der Waals surface area contributed by atoms with Crippen molar-refractivity contribution >= 4 is 17.3 Å². The highest BCUT2D eigenvalue weighted by Gasteiger charge is 2.98. The Hall–Kier alpha value is -5.17. The summed E-state index contributed by atoms with van der Waals surface area (Å²) in [6.07, 6.45) is 1.73. The van der Waals surface area contributed by atoms with Crippen molar-refractivity contribution in [2.75, 3.05) is 49.2 Å². The predicted molar refractivity (Wildman–Crippen MR) is 231 cm³/mol. The summed E-state index contributed by atoms with van der Waals surface area (Å²) in [6.45, 7) is 22.4. The lowest BCUT2D eigenvalue weighted by molar-refractivity contribution is -0.142. The standard InChI is InChI=1S/C51H57N3O4/c1-9-31-29-35(21-27-39(31)56-15-7)49(33-17-23-37(24-18-33)52(11-3)12-4)43-41-42-47-51(58-48(42)55)45(44(43)54(47)46(41)49)50(51,34-19-25-38(26-20-34)53(13-5)14-6)36-22-28-40(57-16-8)32(10-2)30-36/h17-30,44-46H,9-16H2,1-8H3. The van der Waals surface area contributed by atoms with E-state index in [1.807, 2.05) is 6.92 Å². The minimum atomic E-state index is -0.771. The molecule has 1 saturated carbocycles. The van der Waals surface area contributed by atoms with Crippen molar-refractivity contribution in [3.05, 3.63) is 141 Å². The summed E-state index contributed by atoms with van der Waals surface area (Å²) in [5.74, 6) is 1.74. The zero-order valence-electron chi connectivity index (χ0n) is 35.4. The van der Waals surface area contributed by atoms with Crippen molar-refractivity contribution in [3.63, 3.8) is 0 Å². The highest BCUT2D eigenvalue weighted by molar-refractivity contribution is 6.07. The van der Waals surface area contributed by atoms with E-state index < -0.39 is 16.4 Å². The van der Waals surface area contributed by atoms with Gasteiger partial charge in [-0.2, -0.15) is 0 Å². The Labute approximate surface area is 344 Å². The Balaban J connectivity index is 1.19. The second kappa shape index (κ2) is 13.2. The minimum Gasteiger partial charge on any atom is -0.494 e. The number of carbonyl (C=O) groups excluding carboxylic acids is 1. The number of esters is 1. The van der Waals surface area contributed by atoms with Crippen LogP contribution in [0.25, 0.3) is 0 Å². The average molecular weight is 776 g/mol. The Bertz CT molecular complexity index is 2390. The van der Waals surface area contributed by atoms with E-state index in [1.54, 1.807) is 0 Å². The third kappa shape index (κ3) is 4.23. The van der Waals surface area contributed by atoms with Crippen LogP contribution in [0.4, 0.5) is 11.4 Å². The number of piperidine rings is 1. The molecule has 1 saturated heterocycles. The van der Waals surface area contributed by atoms with Crippen LogP contribution in [0.2, 0.25) is 0 Å². The molecular formula is C51H57N3O4. The van der Waals surface area contributed by atoms with Crippen molar-refractivity contribution < 1.29 is 19.0 Å². The van der Waals surface area contributed by atoms with E-state index in [2.05, 4.69) is 148 Å². The summed E-state index contributed by atoms with van der Waals surface area (Å²) in [7, 11) is 0. The number of nitrogens with zero attached hydrogens (tertiary/aromatic N) is 3. The van der Waals surface area contributed by atoms with Crippen LogP contribution in [0.1, 0.15) is 88.8 Å². The van der Waals surface area contributed by atoms with Crippen molar-refractivity contribution in [3.8, 4) is 11.5 Å². The van der Waals surface area contributed by atoms with Gasteiger partial charge in [-0.25, -0.2) is 4.79 Å². The lowest BCUT2D eigenvalue weighted by atomic mass is 9.54. The number of rotatable bonds is 16. The largest absolute Gasteiger partial charge is 0.494 e. The maximum atomic E-state index is 14.6. The Kier molecular flexibility index (Phi) is 8.43. The minimum absolute atomic E-state index is 0.0149. The van der Waals surface area contributed by atoms with E-state index >= 15 is 0 Å². The van der Waals surface area contributed by atoms with E-state index in [0.29, 0.717) is 13.2 Å². The highest BCUT2D eigenvalue weighted by Crippen LogP contribution is 2.89. The quantitative estimate of drug-likeness (QED) is 0.105.